The Balaban J connectivity index is 0.000000238. The maximum absolute atomic E-state index is 10.5. The summed E-state index contributed by atoms with van der Waals surface area (Å²) in [5.74, 6) is -3.49. The number of hydrogen-bond donors (Lipinski definition) is 5. The van der Waals surface area contributed by atoms with E-state index in [-0.39, 0.29) is 12.8 Å². The van der Waals surface area contributed by atoms with Gasteiger partial charge >= 0.3 is 23.6 Å². The van der Waals surface area contributed by atoms with Crippen molar-refractivity contribution in [3.8, 4) is 0 Å². The number of rotatable bonds is 5. The maximum Gasteiger partial charge on any atom is 0.352 e. The number of pyridine rings is 1. The van der Waals surface area contributed by atoms with Gasteiger partial charge in [0.2, 0.25) is 0 Å². The summed E-state index contributed by atoms with van der Waals surface area (Å²) >= 11 is 0. The molecule has 2 aromatic rings. The number of hydrogen-bond acceptors (Lipinski definition) is 7. The first-order valence-corrected chi connectivity index (χ1v) is 9.20. The van der Waals surface area contributed by atoms with Crippen LogP contribution in [0.2, 0.25) is 0 Å². The van der Waals surface area contributed by atoms with Gasteiger partial charge in [-0.25, -0.2) is 9.59 Å². The van der Waals surface area contributed by atoms with Crippen molar-refractivity contribution < 1.29 is 29.7 Å². The van der Waals surface area contributed by atoms with Crippen molar-refractivity contribution in [2.45, 2.75) is 31.7 Å². The van der Waals surface area contributed by atoms with Crippen LogP contribution in [-0.4, -0.2) is 66.7 Å². The number of carboxylic acid groups (broad SMARTS) is 3. The monoisotopic (exact) mass is 436 g/mol. The van der Waals surface area contributed by atoms with E-state index in [2.05, 4.69) is 23.0 Å². The number of aliphatic carboxylic acids is 2. The Bertz CT molecular complexity index is 944. The highest BCUT2D eigenvalue weighted by atomic mass is 16.4. The molecule has 1 atom stereocenters. The fourth-order valence-corrected chi connectivity index (χ4v) is 2.70. The average Bonchev–Trinajstić information content (AvgIpc) is 3.13. The quantitative estimate of drug-likeness (QED) is 0.441. The zero-order valence-electron chi connectivity index (χ0n) is 16.8. The Morgan fingerprint density at radius 1 is 1.13 bits per heavy atom. The third kappa shape index (κ3) is 9.99. The van der Waals surface area contributed by atoms with Gasteiger partial charge < -0.3 is 20.3 Å². The number of nitrogens with zero attached hydrogens (tertiary/aromatic N) is 2. The normalized spacial score (nSPS) is 15.1. The molecule has 0 aromatic carbocycles. The Hall–Kier alpha value is -3.80. The van der Waals surface area contributed by atoms with E-state index >= 15 is 0 Å². The summed E-state index contributed by atoms with van der Waals surface area (Å²) in [4.78, 5) is 60.7. The molecule has 31 heavy (non-hydrogen) atoms. The highest BCUT2D eigenvalue weighted by Gasteiger charge is 2.21. The minimum absolute atomic E-state index is 0.296. The number of carbonyl (C=O) groups is 3. The molecule has 0 saturated carbocycles. The van der Waals surface area contributed by atoms with E-state index < -0.39 is 34.9 Å². The minimum atomic E-state index is -1.34. The summed E-state index contributed by atoms with van der Waals surface area (Å²) in [6.45, 7) is 1.22. The van der Waals surface area contributed by atoms with Crippen molar-refractivity contribution in [3.05, 3.63) is 62.7 Å². The van der Waals surface area contributed by atoms with E-state index in [1.165, 1.54) is 24.9 Å². The third-order valence-electron chi connectivity index (χ3n) is 4.13. The first kappa shape index (κ1) is 25.2. The Labute approximate surface area is 176 Å². The fraction of sp³-hybridized carbons (Fsp3) is 0.368. The van der Waals surface area contributed by atoms with Crippen LogP contribution in [0, 0.1) is 0 Å². The van der Waals surface area contributed by atoms with Gasteiger partial charge in [-0.2, -0.15) is 0 Å². The molecule has 0 bridgehead atoms. The van der Waals surface area contributed by atoms with E-state index in [4.69, 9.17) is 15.3 Å². The number of aromatic amines is 2. The second kappa shape index (κ2) is 12.7. The molecular formula is C19H24N4O8. The molecule has 1 aliphatic heterocycles. The number of H-pyrrole nitrogens is 2. The lowest BCUT2D eigenvalue weighted by Crippen LogP contribution is -2.24. The fourth-order valence-electron chi connectivity index (χ4n) is 2.70. The maximum atomic E-state index is 10.5. The predicted octanol–water partition coefficient (Wildman–Crippen LogP) is 0.546. The summed E-state index contributed by atoms with van der Waals surface area (Å²) in [6.07, 6.45) is 5.81. The summed E-state index contributed by atoms with van der Waals surface area (Å²) in [7, 11) is 2.19. The van der Waals surface area contributed by atoms with Gasteiger partial charge in [-0.15, -0.1) is 0 Å². The van der Waals surface area contributed by atoms with Crippen molar-refractivity contribution in [1.82, 2.24) is 19.9 Å². The van der Waals surface area contributed by atoms with Crippen LogP contribution in [0.25, 0.3) is 0 Å². The highest BCUT2D eigenvalue weighted by Crippen LogP contribution is 2.29. The van der Waals surface area contributed by atoms with E-state index in [0.29, 0.717) is 6.04 Å². The van der Waals surface area contributed by atoms with Crippen molar-refractivity contribution in [2.24, 2.45) is 0 Å². The molecule has 1 aliphatic rings. The van der Waals surface area contributed by atoms with E-state index in [1.807, 2.05) is 28.4 Å². The van der Waals surface area contributed by atoms with Crippen LogP contribution in [0.5, 0.6) is 0 Å². The van der Waals surface area contributed by atoms with Crippen LogP contribution < -0.4 is 11.2 Å². The van der Waals surface area contributed by atoms with E-state index in [0.717, 1.165) is 6.07 Å². The molecule has 3 rings (SSSR count). The number of likely N-dealkylation sites (tertiary alicyclic amines) is 1. The van der Waals surface area contributed by atoms with Gasteiger partial charge in [0.1, 0.15) is 5.69 Å². The smallest absolute Gasteiger partial charge is 0.352 e. The van der Waals surface area contributed by atoms with Gasteiger partial charge in [0.15, 0.2) is 0 Å². The molecule has 0 spiro atoms. The Morgan fingerprint density at radius 3 is 2.19 bits per heavy atom. The SMILES string of the molecule is CN1CCCC1c1cccnc1.O=C(O)CCC(=O)O.O=C(O)c1cc(=O)[nH]c(=O)[nH]1. The van der Waals surface area contributed by atoms with Gasteiger partial charge in [0, 0.05) is 24.5 Å². The van der Waals surface area contributed by atoms with Gasteiger partial charge in [-0.1, -0.05) is 6.07 Å². The summed E-state index contributed by atoms with van der Waals surface area (Å²) in [5, 5.41) is 24.1. The number of carboxylic acids is 3. The molecular weight excluding hydrogens is 412 g/mol. The van der Waals surface area contributed by atoms with Crippen LogP contribution in [-0.2, 0) is 9.59 Å². The molecule has 168 valence electrons. The number of aromatic nitrogens is 3. The topological polar surface area (TPSA) is 194 Å². The zero-order valence-corrected chi connectivity index (χ0v) is 16.8. The first-order valence-electron chi connectivity index (χ1n) is 9.20. The summed E-state index contributed by atoms with van der Waals surface area (Å²) < 4.78 is 0. The van der Waals surface area contributed by atoms with Crippen LogP contribution in [0.15, 0.2) is 40.2 Å². The van der Waals surface area contributed by atoms with Crippen molar-refractivity contribution >= 4 is 17.9 Å². The lowest BCUT2D eigenvalue weighted by Gasteiger charge is -2.18. The number of nitrogens with one attached hydrogen (secondary N) is 2. The lowest BCUT2D eigenvalue weighted by molar-refractivity contribution is -0.143. The van der Waals surface area contributed by atoms with Crippen molar-refractivity contribution in [3.63, 3.8) is 0 Å². The Kier molecular flexibility index (Phi) is 10.3. The standard InChI is InChI=1S/C10H14N2.C5H4N2O4.C4H6O4/c1-12-7-3-5-10(12)9-4-2-6-11-8-9;8-3-1-2(4(9)10)6-5(11)7-3;5-3(6)1-2-4(7)8/h2,4,6,8,10H,3,5,7H2,1H3;1H,(H,9,10)(H2,6,7,8,11);1-2H2,(H,5,6)(H,7,8). The van der Waals surface area contributed by atoms with E-state index in [9.17, 15) is 24.0 Å². The van der Waals surface area contributed by atoms with Crippen LogP contribution in [0.1, 0.15) is 47.8 Å². The second-order valence-corrected chi connectivity index (χ2v) is 6.52. The molecule has 3 heterocycles. The highest BCUT2D eigenvalue weighted by molar-refractivity contribution is 5.84. The summed E-state index contributed by atoms with van der Waals surface area (Å²) in [5.41, 5.74) is -0.614. The molecule has 1 unspecified atom stereocenters. The van der Waals surface area contributed by atoms with Gasteiger partial charge in [0.25, 0.3) is 5.56 Å². The molecule has 0 amide bonds. The molecule has 12 nitrogen and oxygen atoms in total. The molecule has 5 N–H and O–H groups in total. The second-order valence-electron chi connectivity index (χ2n) is 6.52. The summed E-state index contributed by atoms with van der Waals surface area (Å²) in [6, 6.07) is 5.59. The number of aromatic carboxylic acids is 1. The molecule has 2 aromatic heterocycles. The minimum Gasteiger partial charge on any atom is -0.481 e. The molecule has 1 fully saturated rings. The van der Waals surface area contributed by atoms with Crippen LogP contribution in [0.4, 0.5) is 0 Å². The average molecular weight is 436 g/mol. The van der Waals surface area contributed by atoms with Gasteiger partial charge in [-0.05, 0) is 38.1 Å². The third-order valence-corrected chi connectivity index (χ3v) is 4.13. The van der Waals surface area contributed by atoms with Crippen LogP contribution >= 0.6 is 0 Å². The molecule has 1 saturated heterocycles. The molecule has 0 aliphatic carbocycles. The molecule has 0 radical (unpaired) electrons. The van der Waals surface area contributed by atoms with Crippen molar-refractivity contribution in [2.75, 3.05) is 13.6 Å². The lowest BCUT2D eigenvalue weighted by atomic mass is 10.1. The largest absolute Gasteiger partial charge is 0.481 e. The first-order chi connectivity index (χ1) is 14.6. The molecule has 12 heteroatoms. The van der Waals surface area contributed by atoms with Crippen molar-refractivity contribution in [1.29, 1.82) is 0 Å². The van der Waals surface area contributed by atoms with Crippen LogP contribution in [0.3, 0.4) is 0 Å². The predicted molar refractivity (Wildman–Crippen MR) is 108 cm³/mol. The Morgan fingerprint density at radius 2 is 1.77 bits per heavy atom. The van der Waals surface area contributed by atoms with Gasteiger partial charge in [-0.3, -0.25) is 29.3 Å². The zero-order chi connectivity index (χ0) is 23.4. The van der Waals surface area contributed by atoms with Gasteiger partial charge in [0.05, 0.1) is 12.8 Å². The van der Waals surface area contributed by atoms with E-state index in [1.54, 1.807) is 0 Å².